The zero-order valence-corrected chi connectivity index (χ0v) is 17.4. The molecule has 0 unspecified atom stereocenters. The third-order valence-electron chi connectivity index (χ3n) is 4.04. The Morgan fingerprint density at radius 2 is 0.767 bits per heavy atom. The van der Waals surface area contributed by atoms with Crippen molar-refractivity contribution in [3.63, 3.8) is 0 Å². The van der Waals surface area contributed by atoms with Crippen LogP contribution < -0.4 is 0 Å². The van der Waals surface area contributed by atoms with E-state index in [1.807, 2.05) is 12.1 Å². The molecule has 0 amide bonds. The zero-order valence-electron chi connectivity index (χ0n) is 17.4. The van der Waals surface area contributed by atoms with Crippen LogP contribution in [0.2, 0.25) is 0 Å². The lowest BCUT2D eigenvalue weighted by atomic mass is 10.1. The quantitative estimate of drug-likeness (QED) is 0.341. The van der Waals surface area contributed by atoms with Gasteiger partial charge in [-0.1, -0.05) is 74.9 Å². The highest BCUT2D eigenvalue weighted by molar-refractivity contribution is 5.66. The second-order valence-electron chi connectivity index (χ2n) is 6.79. The van der Waals surface area contributed by atoms with Gasteiger partial charge in [0.1, 0.15) is 11.5 Å². The first kappa shape index (κ1) is 27.0. The molecule has 6 heteroatoms. The zero-order chi connectivity index (χ0) is 22.5. The van der Waals surface area contributed by atoms with E-state index in [0.29, 0.717) is 11.5 Å². The van der Waals surface area contributed by atoms with Crippen LogP contribution in [-0.4, -0.2) is 32.4 Å². The van der Waals surface area contributed by atoms with Crippen molar-refractivity contribution < 1.29 is 30.0 Å². The predicted molar refractivity (Wildman–Crippen MR) is 118 cm³/mol. The van der Waals surface area contributed by atoms with Crippen LogP contribution >= 0.6 is 0 Å². The Hall–Kier alpha value is -3.02. The maximum Gasteiger partial charge on any atom is 0.303 e. The fourth-order valence-electron chi connectivity index (χ4n) is 2.47. The molecule has 0 fully saturated rings. The Morgan fingerprint density at radius 3 is 0.967 bits per heavy atom. The molecule has 0 aliphatic rings. The van der Waals surface area contributed by atoms with Crippen molar-refractivity contribution in [2.45, 2.75) is 64.2 Å². The summed E-state index contributed by atoms with van der Waals surface area (Å²) in [6, 6.07) is 17.4. The fourth-order valence-corrected chi connectivity index (χ4v) is 2.47. The average molecular weight is 419 g/mol. The van der Waals surface area contributed by atoms with Crippen LogP contribution in [0.3, 0.4) is 0 Å². The summed E-state index contributed by atoms with van der Waals surface area (Å²) in [5.74, 6) is -0.785. The SMILES string of the molecule is O=C(O)CCCCCCCCCCC(=O)O.Oc1ccccc1.Oc1ccccc1. The number of carboxylic acids is 2. The van der Waals surface area contributed by atoms with Crippen molar-refractivity contribution in [1.29, 1.82) is 0 Å². The summed E-state index contributed by atoms with van der Waals surface area (Å²) in [6.45, 7) is 0. The minimum Gasteiger partial charge on any atom is -0.508 e. The summed E-state index contributed by atoms with van der Waals surface area (Å²) in [7, 11) is 0. The summed E-state index contributed by atoms with van der Waals surface area (Å²) in [6.07, 6.45) is 8.51. The van der Waals surface area contributed by atoms with Gasteiger partial charge in [0.05, 0.1) is 0 Å². The molecule has 2 rings (SSSR count). The van der Waals surface area contributed by atoms with Gasteiger partial charge in [-0.15, -0.1) is 0 Å². The van der Waals surface area contributed by atoms with E-state index in [1.54, 1.807) is 48.5 Å². The van der Waals surface area contributed by atoms with Crippen LogP contribution in [0, 0.1) is 0 Å². The second kappa shape index (κ2) is 19.3. The molecule has 0 aliphatic carbocycles. The molecule has 0 aromatic heterocycles. The predicted octanol–water partition coefficient (Wildman–Crippen LogP) is 5.84. The fraction of sp³-hybridized carbons (Fsp3) is 0.417. The number of hydrogen-bond donors (Lipinski definition) is 4. The summed E-state index contributed by atoms with van der Waals surface area (Å²) in [5.41, 5.74) is 0. The van der Waals surface area contributed by atoms with Crippen molar-refractivity contribution >= 4 is 11.9 Å². The van der Waals surface area contributed by atoms with E-state index in [1.165, 1.54) is 0 Å². The lowest BCUT2D eigenvalue weighted by Crippen LogP contribution is -1.94. The molecule has 2 aromatic rings. The van der Waals surface area contributed by atoms with E-state index < -0.39 is 11.9 Å². The highest BCUT2D eigenvalue weighted by atomic mass is 16.4. The number of hydrogen-bond acceptors (Lipinski definition) is 4. The highest BCUT2D eigenvalue weighted by Crippen LogP contribution is 2.10. The third kappa shape index (κ3) is 21.3. The first-order valence-corrected chi connectivity index (χ1v) is 10.3. The highest BCUT2D eigenvalue weighted by Gasteiger charge is 1.98. The van der Waals surface area contributed by atoms with Crippen LogP contribution in [0.4, 0.5) is 0 Å². The van der Waals surface area contributed by atoms with Gasteiger partial charge in [0.15, 0.2) is 0 Å². The largest absolute Gasteiger partial charge is 0.508 e. The molecular formula is C24H34O6. The molecule has 0 radical (unpaired) electrons. The van der Waals surface area contributed by atoms with Crippen molar-refractivity contribution in [2.75, 3.05) is 0 Å². The standard InChI is InChI=1S/C12H22O4.2C6H6O/c13-11(14)9-7-5-3-1-2-4-6-8-10-12(15)16;2*7-6-4-2-1-3-5-6/h1-10H2,(H,13,14)(H,15,16);2*1-5,7H. The van der Waals surface area contributed by atoms with Crippen molar-refractivity contribution in [3.8, 4) is 11.5 Å². The summed E-state index contributed by atoms with van der Waals surface area (Å²) < 4.78 is 0. The summed E-state index contributed by atoms with van der Waals surface area (Å²) in [5, 5.41) is 34.1. The van der Waals surface area contributed by atoms with E-state index in [2.05, 4.69) is 0 Å². The summed E-state index contributed by atoms with van der Waals surface area (Å²) in [4.78, 5) is 20.4. The smallest absolute Gasteiger partial charge is 0.303 e. The van der Waals surface area contributed by atoms with E-state index in [0.717, 1.165) is 51.4 Å². The number of unbranched alkanes of at least 4 members (excludes halogenated alkanes) is 7. The molecular weight excluding hydrogens is 384 g/mol. The number of carboxylic acid groups (broad SMARTS) is 2. The molecule has 0 atom stereocenters. The maximum absolute atomic E-state index is 10.2. The van der Waals surface area contributed by atoms with Crippen molar-refractivity contribution in [2.24, 2.45) is 0 Å². The van der Waals surface area contributed by atoms with Gasteiger partial charge < -0.3 is 20.4 Å². The number of carbonyl (C=O) groups is 2. The number of phenols is 2. The van der Waals surface area contributed by atoms with Crippen LogP contribution in [0.25, 0.3) is 0 Å². The van der Waals surface area contributed by atoms with Crippen molar-refractivity contribution in [1.82, 2.24) is 0 Å². The van der Waals surface area contributed by atoms with Crippen LogP contribution in [0.5, 0.6) is 11.5 Å². The molecule has 0 saturated heterocycles. The van der Waals surface area contributed by atoms with Gasteiger partial charge in [0.25, 0.3) is 0 Å². The normalized spacial score (nSPS) is 9.47. The van der Waals surface area contributed by atoms with E-state index in [4.69, 9.17) is 20.4 Å². The first-order chi connectivity index (χ1) is 14.4. The van der Waals surface area contributed by atoms with Crippen LogP contribution in [0.15, 0.2) is 60.7 Å². The van der Waals surface area contributed by atoms with Gasteiger partial charge in [0, 0.05) is 12.8 Å². The van der Waals surface area contributed by atoms with Gasteiger partial charge in [-0.25, -0.2) is 0 Å². The average Bonchev–Trinajstić information content (AvgIpc) is 2.71. The first-order valence-electron chi connectivity index (χ1n) is 10.3. The molecule has 0 saturated carbocycles. The Labute approximate surface area is 178 Å². The number of benzene rings is 2. The van der Waals surface area contributed by atoms with Gasteiger partial charge in [-0.3, -0.25) is 9.59 Å². The minimum atomic E-state index is -0.714. The van der Waals surface area contributed by atoms with Gasteiger partial charge in [0.2, 0.25) is 0 Å². The molecule has 4 N–H and O–H groups in total. The molecule has 0 spiro atoms. The van der Waals surface area contributed by atoms with Gasteiger partial charge in [-0.05, 0) is 37.1 Å². The Morgan fingerprint density at radius 1 is 0.500 bits per heavy atom. The minimum absolute atomic E-state index is 0.276. The summed E-state index contributed by atoms with van der Waals surface area (Å²) >= 11 is 0. The second-order valence-corrected chi connectivity index (χ2v) is 6.79. The molecule has 0 heterocycles. The third-order valence-corrected chi connectivity index (χ3v) is 4.04. The Balaban J connectivity index is 0.000000487. The lowest BCUT2D eigenvalue weighted by Gasteiger charge is -2.00. The maximum atomic E-state index is 10.2. The molecule has 30 heavy (non-hydrogen) atoms. The van der Waals surface area contributed by atoms with E-state index >= 15 is 0 Å². The van der Waals surface area contributed by atoms with E-state index in [-0.39, 0.29) is 12.8 Å². The van der Waals surface area contributed by atoms with Crippen LogP contribution in [-0.2, 0) is 9.59 Å². The monoisotopic (exact) mass is 418 g/mol. The molecule has 0 bridgehead atoms. The van der Waals surface area contributed by atoms with Crippen molar-refractivity contribution in [3.05, 3.63) is 60.7 Å². The Bertz CT molecular complexity index is 598. The van der Waals surface area contributed by atoms with Crippen LogP contribution in [0.1, 0.15) is 64.2 Å². The molecule has 6 nitrogen and oxygen atoms in total. The number of rotatable bonds is 11. The molecule has 2 aromatic carbocycles. The number of phenolic OH excluding ortho intramolecular Hbond substituents is 2. The molecule has 166 valence electrons. The lowest BCUT2D eigenvalue weighted by molar-refractivity contribution is -0.138. The van der Waals surface area contributed by atoms with Gasteiger partial charge in [-0.2, -0.15) is 0 Å². The molecule has 0 aliphatic heterocycles. The van der Waals surface area contributed by atoms with E-state index in [9.17, 15) is 9.59 Å². The topological polar surface area (TPSA) is 115 Å². The number of aromatic hydroxyl groups is 2. The number of para-hydroxylation sites is 2. The Kier molecular flexibility index (Phi) is 17.4. The number of aliphatic carboxylic acids is 2. The van der Waals surface area contributed by atoms with Gasteiger partial charge >= 0.3 is 11.9 Å².